The van der Waals surface area contributed by atoms with Crippen LogP contribution in [0.25, 0.3) is 27.8 Å². The van der Waals surface area contributed by atoms with Gasteiger partial charge in [0.15, 0.2) is 5.65 Å². The smallest absolute Gasteiger partial charge is 0.155 e. The lowest BCUT2D eigenvalue weighted by molar-refractivity contribution is 0.282. The van der Waals surface area contributed by atoms with Crippen LogP contribution in [0.15, 0.2) is 36.8 Å². The molecule has 150 valence electrons. The number of fused-ring (bicyclic) bond motifs is 2. The van der Waals surface area contributed by atoms with E-state index in [1.54, 1.807) is 10.8 Å². The lowest BCUT2D eigenvalue weighted by Crippen LogP contribution is -2.26. The highest BCUT2D eigenvalue weighted by Crippen LogP contribution is 2.39. The van der Waals surface area contributed by atoms with E-state index in [0.717, 1.165) is 41.1 Å². The summed E-state index contributed by atoms with van der Waals surface area (Å²) in [6.45, 7) is 6.61. The minimum Gasteiger partial charge on any atom is -0.392 e. The van der Waals surface area contributed by atoms with Crippen LogP contribution < -0.4 is 5.32 Å². The zero-order chi connectivity index (χ0) is 20.0. The van der Waals surface area contributed by atoms with Gasteiger partial charge in [0.1, 0.15) is 6.33 Å². The van der Waals surface area contributed by atoms with Crippen LogP contribution >= 0.6 is 0 Å². The number of hydrogen-bond donors (Lipinski definition) is 3. The summed E-state index contributed by atoms with van der Waals surface area (Å²) in [5.74, 6) is 0.971. The summed E-state index contributed by atoms with van der Waals surface area (Å²) in [7, 11) is 0. The van der Waals surface area contributed by atoms with Crippen LogP contribution in [-0.2, 0) is 6.61 Å². The van der Waals surface area contributed by atoms with Crippen LogP contribution in [0, 0.1) is 0 Å². The van der Waals surface area contributed by atoms with Gasteiger partial charge in [0.2, 0.25) is 0 Å². The molecular weight excluding hydrogens is 362 g/mol. The molecule has 0 saturated carbocycles. The van der Waals surface area contributed by atoms with Crippen LogP contribution in [-0.4, -0.2) is 37.8 Å². The minimum absolute atomic E-state index is 0.0358. The molecule has 3 N–H and O–H groups in total. The molecule has 29 heavy (non-hydrogen) atoms. The summed E-state index contributed by atoms with van der Waals surface area (Å²) >= 11 is 0. The van der Waals surface area contributed by atoms with E-state index in [4.69, 9.17) is 0 Å². The first-order valence-electron chi connectivity index (χ1n) is 10.5. The van der Waals surface area contributed by atoms with Crippen LogP contribution in [0.2, 0.25) is 0 Å². The van der Waals surface area contributed by atoms with Gasteiger partial charge in [-0.25, -0.2) is 9.50 Å². The number of aliphatic hydroxyl groups is 1. The molecule has 1 saturated heterocycles. The topological polar surface area (TPSA) is 78.2 Å². The number of benzene rings is 1. The van der Waals surface area contributed by atoms with Gasteiger partial charge in [0.05, 0.1) is 12.3 Å². The maximum Gasteiger partial charge on any atom is 0.155 e. The fraction of sp³-hybridized carbons (Fsp3) is 0.391. The van der Waals surface area contributed by atoms with Gasteiger partial charge in [0, 0.05) is 22.7 Å². The number of piperidine rings is 1. The molecule has 1 aliphatic rings. The monoisotopic (exact) mass is 389 g/mol. The highest BCUT2D eigenvalue weighted by Gasteiger charge is 2.21. The summed E-state index contributed by atoms with van der Waals surface area (Å²) in [5.41, 5.74) is 7.52. The number of pyridine rings is 1. The Morgan fingerprint density at radius 2 is 2.03 bits per heavy atom. The second-order valence-corrected chi connectivity index (χ2v) is 8.33. The van der Waals surface area contributed by atoms with E-state index in [9.17, 15) is 5.11 Å². The number of aliphatic hydroxyl groups excluding tert-OH is 1. The van der Waals surface area contributed by atoms with Gasteiger partial charge in [-0.3, -0.25) is 0 Å². The standard InChI is InChI=1S/C23H27N5O/c1-14(2)22-18-9-16(15-5-7-24-8-6-15)3-4-20(18)27-23(22)19-11-28-21(25-13-26-28)10-17(19)12-29/h3-4,9-11,13-15,24,27,29H,5-8,12H2,1-2H3. The molecule has 0 unspecified atom stereocenters. The van der Waals surface area contributed by atoms with E-state index in [1.807, 2.05) is 12.3 Å². The summed E-state index contributed by atoms with van der Waals surface area (Å²) < 4.78 is 1.77. The molecule has 0 atom stereocenters. The maximum atomic E-state index is 10.0. The molecule has 1 aromatic carbocycles. The van der Waals surface area contributed by atoms with Crippen LogP contribution in [0.5, 0.6) is 0 Å². The number of rotatable bonds is 4. The van der Waals surface area contributed by atoms with E-state index in [0.29, 0.717) is 11.8 Å². The van der Waals surface area contributed by atoms with Gasteiger partial charge >= 0.3 is 0 Å². The molecule has 6 nitrogen and oxygen atoms in total. The number of nitrogens with one attached hydrogen (secondary N) is 2. The second-order valence-electron chi connectivity index (χ2n) is 8.33. The molecule has 5 rings (SSSR count). The molecule has 0 aliphatic carbocycles. The van der Waals surface area contributed by atoms with Gasteiger partial charge < -0.3 is 15.4 Å². The number of aromatic amines is 1. The molecule has 0 radical (unpaired) electrons. The normalized spacial score (nSPS) is 15.7. The van der Waals surface area contributed by atoms with Gasteiger partial charge in [-0.2, -0.15) is 5.10 Å². The van der Waals surface area contributed by atoms with Crippen LogP contribution in [0.3, 0.4) is 0 Å². The molecule has 0 spiro atoms. The van der Waals surface area contributed by atoms with E-state index < -0.39 is 0 Å². The number of nitrogens with zero attached hydrogens (tertiary/aromatic N) is 3. The molecule has 4 heterocycles. The van der Waals surface area contributed by atoms with Crippen molar-refractivity contribution in [3.05, 3.63) is 53.5 Å². The Bertz CT molecular complexity index is 1170. The van der Waals surface area contributed by atoms with E-state index >= 15 is 0 Å². The molecular formula is C23H27N5O. The SMILES string of the molecule is CC(C)c1c(-c2cn3ncnc3cc2CO)[nH]c2ccc(C3CCNCC3)cc12. The van der Waals surface area contributed by atoms with Gasteiger partial charge in [-0.1, -0.05) is 19.9 Å². The van der Waals surface area contributed by atoms with Crippen molar-refractivity contribution in [3.8, 4) is 11.3 Å². The quantitative estimate of drug-likeness (QED) is 0.494. The zero-order valence-corrected chi connectivity index (χ0v) is 16.9. The third-order valence-corrected chi connectivity index (χ3v) is 6.19. The summed E-state index contributed by atoms with van der Waals surface area (Å²) in [6.07, 6.45) is 5.90. The minimum atomic E-state index is -0.0358. The van der Waals surface area contributed by atoms with Crippen LogP contribution in [0.1, 0.15) is 55.2 Å². The molecule has 0 amide bonds. The molecule has 1 fully saturated rings. The fourth-order valence-electron chi connectivity index (χ4n) is 4.71. The van der Waals surface area contributed by atoms with Gasteiger partial charge in [-0.05, 0) is 72.7 Å². The highest BCUT2D eigenvalue weighted by molar-refractivity contribution is 5.92. The average Bonchev–Trinajstić information content (AvgIpc) is 3.36. The summed E-state index contributed by atoms with van der Waals surface area (Å²) in [5, 5.41) is 19.1. The fourth-order valence-corrected chi connectivity index (χ4v) is 4.71. The Kier molecular flexibility index (Phi) is 4.60. The number of H-pyrrole nitrogens is 1. The number of aromatic nitrogens is 4. The molecule has 6 heteroatoms. The Balaban J connectivity index is 1.70. The van der Waals surface area contributed by atoms with Crippen molar-refractivity contribution in [2.75, 3.05) is 13.1 Å². The lowest BCUT2D eigenvalue weighted by atomic mass is 9.88. The van der Waals surface area contributed by atoms with Crippen molar-refractivity contribution in [1.29, 1.82) is 0 Å². The zero-order valence-electron chi connectivity index (χ0n) is 16.9. The highest BCUT2D eigenvalue weighted by atomic mass is 16.3. The van der Waals surface area contributed by atoms with Crippen LogP contribution in [0.4, 0.5) is 0 Å². The predicted molar refractivity (Wildman–Crippen MR) is 115 cm³/mol. The molecule has 0 bridgehead atoms. The second kappa shape index (κ2) is 7.28. The first-order chi connectivity index (χ1) is 14.2. The molecule has 4 aromatic rings. The first-order valence-corrected chi connectivity index (χ1v) is 10.5. The largest absolute Gasteiger partial charge is 0.392 e. The van der Waals surface area contributed by atoms with E-state index in [2.05, 4.69) is 52.4 Å². The third-order valence-electron chi connectivity index (χ3n) is 6.19. The first kappa shape index (κ1) is 18.3. The van der Waals surface area contributed by atoms with Crippen molar-refractivity contribution in [2.45, 2.75) is 45.1 Å². The predicted octanol–water partition coefficient (Wildman–Crippen LogP) is 3.96. The van der Waals surface area contributed by atoms with Crippen molar-refractivity contribution in [1.82, 2.24) is 24.9 Å². The van der Waals surface area contributed by atoms with Crippen molar-refractivity contribution in [2.24, 2.45) is 0 Å². The molecule has 3 aromatic heterocycles. The Labute approximate surface area is 170 Å². The van der Waals surface area contributed by atoms with Gasteiger partial charge in [0.25, 0.3) is 0 Å². The van der Waals surface area contributed by atoms with Crippen molar-refractivity contribution >= 4 is 16.6 Å². The lowest BCUT2D eigenvalue weighted by Gasteiger charge is -2.23. The summed E-state index contributed by atoms with van der Waals surface area (Å²) in [6, 6.07) is 8.79. The van der Waals surface area contributed by atoms with Crippen molar-refractivity contribution in [3.63, 3.8) is 0 Å². The van der Waals surface area contributed by atoms with E-state index in [-0.39, 0.29) is 6.61 Å². The average molecular weight is 390 g/mol. The summed E-state index contributed by atoms with van der Waals surface area (Å²) in [4.78, 5) is 7.89. The van der Waals surface area contributed by atoms with Gasteiger partial charge in [-0.15, -0.1) is 0 Å². The Morgan fingerprint density at radius 3 is 2.79 bits per heavy atom. The third kappa shape index (κ3) is 3.12. The number of hydrogen-bond acceptors (Lipinski definition) is 4. The van der Waals surface area contributed by atoms with E-state index in [1.165, 1.54) is 29.4 Å². The Morgan fingerprint density at radius 1 is 1.21 bits per heavy atom. The maximum absolute atomic E-state index is 10.0. The Hall–Kier alpha value is -2.70. The molecule has 1 aliphatic heterocycles. The van der Waals surface area contributed by atoms with Crippen molar-refractivity contribution < 1.29 is 5.11 Å².